The first-order valence-corrected chi connectivity index (χ1v) is 7.61. The Bertz CT molecular complexity index is 440. The lowest BCUT2D eigenvalue weighted by atomic mass is 10.1. The fourth-order valence-electron chi connectivity index (χ4n) is 2.81. The van der Waals surface area contributed by atoms with Gasteiger partial charge in [-0.1, -0.05) is 0 Å². The van der Waals surface area contributed by atoms with Gasteiger partial charge >= 0.3 is 0 Å². The molecule has 3 rings (SSSR count). The number of anilines is 1. The van der Waals surface area contributed by atoms with Crippen LogP contribution in [-0.4, -0.2) is 37.6 Å². The summed E-state index contributed by atoms with van der Waals surface area (Å²) in [6.07, 6.45) is 2.82. The Morgan fingerprint density at radius 2 is 1.89 bits per heavy atom. The Morgan fingerprint density at radius 3 is 2.53 bits per heavy atom. The van der Waals surface area contributed by atoms with Crippen LogP contribution in [0.1, 0.15) is 18.4 Å². The van der Waals surface area contributed by atoms with E-state index in [1.54, 1.807) is 6.07 Å². The molecule has 1 aliphatic heterocycles. The Kier molecular flexibility index (Phi) is 3.94. The van der Waals surface area contributed by atoms with Crippen molar-refractivity contribution in [1.29, 1.82) is 0 Å². The molecule has 0 bridgehead atoms. The minimum absolute atomic E-state index is 0.202. The highest BCUT2D eigenvalue weighted by Gasteiger charge is 2.26. The van der Waals surface area contributed by atoms with Gasteiger partial charge in [-0.05, 0) is 42.5 Å². The molecule has 2 fully saturated rings. The third-order valence-corrected chi connectivity index (χ3v) is 4.40. The quantitative estimate of drug-likeness (QED) is 0.783. The molecule has 4 heteroatoms. The van der Waals surface area contributed by atoms with Crippen molar-refractivity contribution in [2.75, 3.05) is 37.6 Å². The fraction of sp³-hybridized carbons (Fsp3) is 0.600. The standard InChI is InChI=1S/C15H20ClFN2/c16-10-13-9-14(17)3-4-15(13)19-7-5-18(6-8-19)11-12-1-2-12/h3-4,9,12H,1-2,5-8,10-11H2. The Balaban J connectivity index is 1.63. The number of rotatable bonds is 4. The van der Waals surface area contributed by atoms with E-state index in [0.29, 0.717) is 5.88 Å². The van der Waals surface area contributed by atoms with Gasteiger partial charge in [-0.2, -0.15) is 0 Å². The maximum atomic E-state index is 13.2. The largest absolute Gasteiger partial charge is 0.369 e. The van der Waals surface area contributed by atoms with Gasteiger partial charge in [-0.3, -0.25) is 4.90 Å². The van der Waals surface area contributed by atoms with Crippen molar-refractivity contribution in [3.8, 4) is 0 Å². The van der Waals surface area contributed by atoms with Gasteiger partial charge in [0, 0.05) is 44.3 Å². The molecular weight excluding hydrogens is 263 g/mol. The molecule has 0 radical (unpaired) electrons. The van der Waals surface area contributed by atoms with Gasteiger partial charge in [-0.15, -0.1) is 11.6 Å². The lowest BCUT2D eigenvalue weighted by molar-refractivity contribution is 0.248. The van der Waals surface area contributed by atoms with Crippen LogP contribution in [0.2, 0.25) is 0 Å². The molecule has 1 saturated heterocycles. The maximum absolute atomic E-state index is 13.2. The molecule has 0 unspecified atom stereocenters. The highest BCUT2D eigenvalue weighted by molar-refractivity contribution is 6.17. The number of nitrogens with zero attached hydrogens (tertiary/aromatic N) is 2. The van der Waals surface area contributed by atoms with Crippen LogP contribution < -0.4 is 4.90 Å². The van der Waals surface area contributed by atoms with Crippen molar-refractivity contribution in [3.05, 3.63) is 29.6 Å². The van der Waals surface area contributed by atoms with E-state index >= 15 is 0 Å². The lowest BCUT2D eigenvalue weighted by Gasteiger charge is -2.37. The van der Waals surface area contributed by atoms with Crippen molar-refractivity contribution in [2.24, 2.45) is 5.92 Å². The first-order valence-electron chi connectivity index (χ1n) is 7.08. The molecule has 1 saturated carbocycles. The van der Waals surface area contributed by atoms with Crippen molar-refractivity contribution in [1.82, 2.24) is 4.90 Å². The molecule has 1 aliphatic carbocycles. The van der Waals surface area contributed by atoms with Crippen molar-refractivity contribution >= 4 is 17.3 Å². The smallest absolute Gasteiger partial charge is 0.123 e. The SMILES string of the molecule is Fc1ccc(N2CCN(CC3CC3)CC2)c(CCl)c1. The average molecular weight is 283 g/mol. The Morgan fingerprint density at radius 1 is 1.16 bits per heavy atom. The zero-order valence-corrected chi connectivity index (χ0v) is 11.9. The van der Waals surface area contributed by atoms with Gasteiger partial charge in [0.2, 0.25) is 0 Å². The van der Waals surface area contributed by atoms with Gasteiger partial charge in [0.05, 0.1) is 0 Å². The van der Waals surface area contributed by atoms with E-state index in [2.05, 4.69) is 9.80 Å². The second-order valence-electron chi connectivity index (χ2n) is 5.64. The predicted octanol–water partition coefficient (Wildman–Crippen LogP) is 3.10. The van der Waals surface area contributed by atoms with Crippen LogP contribution in [0.3, 0.4) is 0 Å². The molecule has 1 aromatic carbocycles. The second-order valence-corrected chi connectivity index (χ2v) is 5.90. The highest BCUT2D eigenvalue weighted by atomic mass is 35.5. The zero-order valence-electron chi connectivity index (χ0n) is 11.1. The summed E-state index contributed by atoms with van der Waals surface area (Å²) in [4.78, 5) is 4.89. The average Bonchev–Trinajstić information content (AvgIpc) is 3.24. The van der Waals surface area contributed by atoms with Crippen LogP contribution in [0.5, 0.6) is 0 Å². The summed E-state index contributed by atoms with van der Waals surface area (Å²) in [7, 11) is 0. The maximum Gasteiger partial charge on any atom is 0.123 e. The summed E-state index contributed by atoms with van der Waals surface area (Å²) in [6, 6.07) is 4.95. The van der Waals surface area contributed by atoms with E-state index in [-0.39, 0.29) is 5.82 Å². The Hall–Kier alpha value is -0.800. The normalized spacial score (nSPS) is 20.8. The van der Waals surface area contributed by atoms with Crippen molar-refractivity contribution in [2.45, 2.75) is 18.7 Å². The van der Waals surface area contributed by atoms with E-state index in [9.17, 15) is 4.39 Å². The molecule has 0 aromatic heterocycles. The summed E-state index contributed by atoms with van der Waals surface area (Å²) >= 11 is 5.93. The van der Waals surface area contributed by atoms with Crippen molar-refractivity contribution < 1.29 is 4.39 Å². The molecular formula is C15H20ClFN2. The van der Waals surface area contributed by atoms with Gasteiger partial charge < -0.3 is 4.90 Å². The predicted molar refractivity (Wildman–Crippen MR) is 77.3 cm³/mol. The second kappa shape index (κ2) is 5.68. The van der Waals surface area contributed by atoms with Crippen LogP contribution in [0.4, 0.5) is 10.1 Å². The van der Waals surface area contributed by atoms with Crippen LogP contribution in [0, 0.1) is 11.7 Å². The summed E-state index contributed by atoms with van der Waals surface area (Å²) in [6.45, 7) is 5.51. The monoisotopic (exact) mass is 282 g/mol. The van der Waals surface area contributed by atoms with Gasteiger partial charge in [0.25, 0.3) is 0 Å². The van der Waals surface area contributed by atoms with E-state index in [1.807, 2.05) is 6.07 Å². The topological polar surface area (TPSA) is 6.48 Å². The molecule has 104 valence electrons. The molecule has 0 amide bonds. The molecule has 2 aliphatic rings. The highest BCUT2D eigenvalue weighted by Crippen LogP contribution is 2.30. The summed E-state index contributed by atoms with van der Waals surface area (Å²) in [5.41, 5.74) is 2.00. The third-order valence-electron chi connectivity index (χ3n) is 4.11. The molecule has 0 atom stereocenters. The minimum atomic E-state index is -0.202. The van der Waals surface area contributed by atoms with Crippen molar-refractivity contribution in [3.63, 3.8) is 0 Å². The molecule has 0 spiro atoms. The number of alkyl halides is 1. The van der Waals surface area contributed by atoms with E-state index in [0.717, 1.165) is 43.3 Å². The van der Waals surface area contributed by atoms with Crippen LogP contribution >= 0.6 is 11.6 Å². The van der Waals surface area contributed by atoms with E-state index < -0.39 is 0 Å². The molecule has 0 N–H and O–H groups in total. The minimum Gasteiger partial charge on any atom is -0.369 e. The summed E-state index contributed by atoms with van der Waals surface area (Å²) in [5.74, 6) is 1.12. The molecule has 2 nitrogen and oxygen atoms in total. The van der Waals surface area contributed by atoms with E-state index in [1.165, 1.54) is 25.5 Å². The molecule has 1 heterocycles. The number of hydrogen-bond donors (Lipinski definition) is 0. The number of hydrogen-bond acceptors (Lipinski definition) is 2. The van der Waals surface area contributed by atoms with Gasteiger partial charge in [0.15, 0.2) is 0 Å². The fourth-order valence-corrected chi connectivity index (χ4v) is 3.02. The first-order chi connectivity index (χ1) is 9.26. The van der Waals surface area contributed by atoms with E-state index in [4.69, 9.17) is 11.6 Å². The zero-order chi connectivity index (χ0) is 13.2. The number of piperazine rings is 1. The summed E-state index contributed by atoms with van der Waals surface area (Å²) in [5, 5.41) is 0. The summed E-state index contributed by atoms with van der Waals surface area (Å²) < 4.78 is 13.2. The van der Waals surface area contributed by atoms with Gasteiger partial charge in [-0.25, -0.2) is 4.39 Å². The Labute approximate surface area is 119 Å². The van der Waals surface area contributed by atoms with Crippen LogP contribution in [0.25, 0.3) is 0 Å². The third kappa shape index (κ3) is 3.21. The lowest BCUT2D eigenvalue weighted by Crippen LogP contribution is -2.47. The molecule has 1 aromatic rings. The van der Waals surface area contributed by atoms with Crippen LogP contribution in [-0.2, 0) is 5.88 Å². The molecule has 19 heavy (non-hydrogen) atoms. The number of halogens is 2. The first kappa shape index (κ1) is 13.2. The van der Waals surface area contributed by atoms with Gasteiger partial charge in [0.1, 0.15) is 5.82 Å². The van der Waals surface area contributed by atoms with Crippen LogP contribution in [0.15, 0.2) is 18.2 Å². The number of benzene rings is 1.